The third-order valence-electron chi connectivity index (χ3n) is 4.34. The minimum atomic E-state index is -0.572. The average Bonchev–Trinajstić information content (AvgIpc) is 3.05. The van der Waals surface area contributed by atoms with Crippen molar-refractivity contribution in [2.75, 3.05) is 10.6 Å². The Kier molecular flexibility index (Phi) is 6.23. The van der Waals surface area contributed by atoms with Crippen LogP contribution in [0.1, 0.15) is 28.7 Å². The van der Waals surface area contributed by atoms with Gasteiger partial charge in [-0.25, -0.2) is 9.07 Å². The van der Waals surface area contributed by atoms with Crippen LogP contribution in [0.3, 0.4) is 0 Å². The standard InChI is InChI=1S/C20H19ClFN5O2/c1-3-13-6-4-5-7-17(13)24-20(29)19-12(2)27(26-25-19)11-18(28)23-14-8-9-16(22)15(21)10-14/h4-10H,3,11H2,1-2H3,(H,23,28)(H,24,29). The first-order chi connectivity index (χ1) is 13.9. The molecular formula is C20H19ClFN5O2. The van der Waals surface area contributed by atoms with Crippen LogP contribution in [0, 0.1) is 12.7 Å². The van der Waals surface area contributed by atoms with Gasteiger partial charge >= 0.3 is 0 Å². The van der Waals surface area contributed by atoms with Crippen molar-refractivity contribution >= 4 is 34.8 Å². The molecular weight excluding hydrogens is 397 g/mol. The first-order valence-electron chi connectivity index (χ1n) is 8.93. The topological polar surface area (TPSA) is 88.9 Å². The van der Waals surface area contributed by atoms with E-state index < -0.39 is 17.6 Å². The molecule has 0 radical (unpaired) electrons. The number of amides is 2. The summed E-state index contributed by atoms with van der Waals surface area (Å²) >= 11 is 5.71. The van der Waals surface area contributed by atoms with E-state index in [-0.39, 0.29) is 17.3 Å². The number of halogens is 2. The maximum atomic E-state index is 13.2. The molecule has 1 heterocycles. The first-order valence-corrected chi connectivity index (χ1v) is 9.31. The van der Waals surface area contributed by atoms with E-state index in [1.807, 2.05) is 31.2 Å². The highest BCUT2D eigenvalue weighted by atomic mass is 35.5. The molecule has 0 aliphatic rings. The van der Waals surface area contributed by atoms with Crippen molar-refractivity contribution in [3.8, 4) is 0 Å². The number of carbonyl (C=O) groups excluding carboxylic acids is 2. The zero-order chi connectivity index (χ0) is 21.0. The third-order valence-corrected chi connectivity index (χ3v) is 4.63. The second kappa shape index (κ2) is 8.83. The SMILES string of the molecule is CCc1ccccc1NC(=O)c1nnn(CC(=O)Nc2ccc(F)c(Cl)c2)c1C. The summed E-state index contributed by atoms with van der Waals surface area (Å²) in [6, 6.07) is 11.4. The number of nitrogens with one attached hydrogen (secondary N) is 2. The number of nitrogens with zero attached hydrogens (tertiary/aromatic N) is 3. The molecule has 29 heavy (non-hydrogen) atoms. The predicted molar refractivity (Wildman–Crippen MR) is 109 cm³/mol. The molecule has 9 heteroatoms. The Balaban J connectivity index is 1.69. The number of hydrogen-bond donors (Lipinski definition) is 2. The Hall–Kier alpha value is -3.26. The average molecular weight is 416 g/mol. The van der Waals surface area contributed by atoms with Crippen molar-refractivity contribution in [3.63, 3.8) is 0 Å². The number of aryl methyl sites for hydroxylation is 1. The minimum Gasteiger partial charge on any atom is -0.324 e. The van der Waals surface area contributed by atoms with Crippen LogP contribution in [0.15, 0.2) is 42.5 Å². The van der Waals surface area contributed by atoms with Crippen LogP contribution in [-0.2, 0) is 17.8 Å². The van der Waals surface area contributed by atoms with E-state index in [9.17, 15) is 14.0 Å². The maximum Gasteiger partial charge on any atom is 0.278 e. The van der Waals surface area contributed by atoms with Gasteiger partial charge in [0.2, 0.25) is 5.91 Å². The van der Waals surface area contributed by atoms with E-state index in [0.29, 0.717) is 17.1 Å². The lowest BCUT2D eigenvalue weighted by Crippen LogP contribution is -2.21. The first kappa shape index (κ1) is 20.5. The molecule has 2 amide bonds. The second-order valence-electron chi connectivity index (χ2n) is 6.32. The van der Waals surface area contributed by atoms with Crippen molar-refractivity contribution in [3.05, 3.63) is 70.3 Å². The second-order valence-corrected chi connectivity index (χ2v) is 6.73. The fourth-order valence-corrected chi connectivity index (χ4v) is 2.94. The van der Waals surface area contributed by atoms with Crippen LogP contribution < -0.4 is 10.6 Å². The zero-order valence-corrected chi connectivity index (χ0v) is 16.6. The lowest BCUT2D eigenvalue weighted by molar-refractivity contribution is -0.117. The van der Waals surface area contributed by atoms with Crippen molar-refractivity contribution in [1.82, 2.24) is 15.0 Å². The normalized spacial score (nSPS) is 10.6. The molecule has 3 rings (SSSR count). The highest BCUT2D eigenvalue weighted by Gasteiger charge is 2.19. The lowest BCUT2D eigenvalue weighted by atomic mass is 10.1. The number of carbonyl (C=O) groups is 2. The van der Waals surface area contributed by atoms with Gasteiger partial charge in [-0.1, -0.05) is 41.9 Å². The highest BCUT2D eigenvalue weighted by Crippen LogP contribution is 2.20. The Bertz CT molecular complexity index is 1070. The maximum absolute atomic E-state index is 13.2. The summed E-state index contributed by atoms with van der Waals surface area (Å²) in [6.45, 7) is 3.49. The van der Waals surface area contributed by atoms with Crippen molar-refractivity contribution < 1.29 is 14.0 Å². The number of para-hydroxylation sites is 1. The number of benzene rings is 2. The number of anilines is 2. The van der Waals surface area contributed by atoms with Crippen LogP contribution in [0.25, 0.3) is 0 Å². The summed E-state index contributed by atoms with van der Waals surface area (Å²) in [7, 11) is 0. The molecule has 0 unspecified atom stereocenters. The highest BCUT2D eigenvalue weighted by molar-refractivity contribution is 6.31. The van der Waals surface area contributed by atoms with E-state index in [1.54, 1.807) is 6.92 Å². The minimum absolute atomic E-state index is 0.0916. The molecule has 0 spiro atoms. The van der Waals surface area contributed by atoms with Gasteiger partial charge in [-0.3, -0.25) is 9.59 Å². The predicted octanol–water partition coefficient (Wildman–Crippen LogP) is 3.83. The van der Waals surface area contributed by atoms with Gasteiger partial charge in [0, 0.05) is 11.4 Å². The van der Waals surface area contributed by atoms with Crippen molar-refractivity contribution in [1.29, 1.82) is 0 Å². The molecule has 0 saturated heterocycles. The van der Waals surface area contributed by atoms with E-state index >= 15 is 0 Å². The molecule has 150 valence electrons. The molecule has 1 aromatic heterocycles. The third kappa shape index (κ3) is 4.78. The Morgan fingerprint density at radius 1 is 1.17 bits per heavy atom. The largest absolute Gasteiger partial charge is 0.324 e. The van der Waals surface area contributed by atoms with E-state index in [2.05, 4.69) is 20.9 Å². The molecule has 0 atom stereocenters. The van der Waals surface area contributed by atoms with Crippen LogP contribution in [0.4, 0.5) is 15.8 Å². The van der Waals surface area contributed by atoms with E-state index in [1.165, 1.54) is 16.8 Å². The van der Waals surface area contributed by atoms with Crippen LogP contribution >= 0.6 is 11.6 Å². The van der Waals surface area contributed by atoms with Gasteiger partial charge in [-0.15, -0.1) is 5.10 Å². The monoisotopic (exact) mass is 415 g/mol. The van der Waals surface area contributed by atoms with Gasteiger partial charge in [-0.2, -0.15) is 0 Å². The summed E-state index contributed by atoms with van der Waals surface area (Å²) in [5, 5.41) is 13.1. The van der Waals surface area contributed by atoms with Crippen molar-refractivity contribution in [2.24, 2.45) is 0 Å². The summed E-state index contributed by atoms with van der Waals surface area (Å²) < 4.78 is 14.5. The zero-order valence-electron chi connectivity index (χ0n) is 15.9. The van der Waals surface area contributed by atoms with Crippen LogP contribution in [-0.4, -0.2) is 26.8 Å². The van der Waals surface area contributed by atoms with Crippen LogP contribution in [0.2, 0.25) is 5.02 Å². The molecule has 0 fully saturated rings. The van der Waals surface area contributed by atoms with Gasteiger partial charge < -0.3 is 10.6 Å². The molecule has 2 N–H and O–H groups in total. The molecule has 0 bridgehead atoms. The van der Waals surface area contributed by atoms with Gasteiger partial charge in [0.05, 0.1) is 10.7 Å². The van der Waals surface area contributed by atoms with Gasteiger partial charge in [-0.05, 0) is 43.2 Å². The summed E-state index contributed by atoms with van der Waals surface area (Å²) in [4.78, 5) is 24.8. The Labute approximate surface area is 171 Å². The summed E-state index contributed by atoms with van der Waals surface area (Å²) in [5.74, 6) is -1.39. The van der Waals surface area contributed by atoms with Crippen LogP contribution in [0.5, 0.6) is 0 Å². The molecule has 0 aliphatic carbocycles. The van der Waals surface area contributed by atoms with E-state index in [0.717, 1.165) is 18.1 Å². The fourth-order valence-electron chi connectivity index (χ4n) is 2.76. The molecule has 0 aliphatic heterocycles. The van der Waals surface area contributed by atoms with Gasteiger partial charge in [0.1, 0.15) is 12.4 Å². The molecule has 3 aromatic rings. The Morgan fingerprint density at radius 2 is 1.93 bits per heavy atom. The number of hydrogen-bond acceptors (Lipinski definition) is 4. The quantitative estimate of drug-likeness (QED) is 0.640. The molecule has 7 nitrogen and oxygen atoms in total. The Morgan fingerprint density at radius 3 is 2.66 bits per heavy atom. The van der Waals surface area contributed by atoms with E-state index in [4.69, 9.17) is 11.6 Å². The number of aromatic nitrogens is 3. The van der Waals surface area contributed by atoms with Gasteiger partial charge in [0.25, 0.3) is 5.91 Å². The molecule has 2 aromatic carbocycles. The number of rotatable bonds is 6. The van der Waals surface area contributed by atoms with Crippen molar-refractivity contribution in [2.45, 2.75) is 26.8 Å². The molecule has 0 saturated carbocycles. The smallest absolute Gasteiger partial charge is 0.278 e. The van der Waals surface area contributed by atoms with Gasteiger partial charge in [0.15, 0.2) is 5.69 Å². The lowest BCUT2D eigenvalue weighted by Gasteiger charge is -2.09. The fraction of sp³-hybridized carbons (Fsp3) is 0.200. The summed E-state index contributed by atoms with van der Waals surface area (Å²) in [5.41, 5.74) is 2.65. The summed E-state index contributed by atoms with van der Waals surface area (Å²) in [6.07, 6.45) is 0.774.